The molecule has 2 N–H and O–H groups in total. The van der Waals surface area contributed by atoms with E-state index in [1.165, 1.54) is 37.5 Å². The highest BCUT2D eigenvalue weighted by molar-refractivity contribution is 6.39. The summed E-state index contributed by atoms with van der Waals surface area (Å²) in [6.45, 7) is 6.01. The zero-order valence-corrected chi connectivity index (χ0v) is 24.3. The molecule has 1 fully saturated rings. The minimum atomic E-state index is -0.896. The molecule has 3 aromatic carbocycles. The lowest BCUT2D eigenvalue weighted by molar-refractivity contribution is -0.122. The first-order valence-corrected chi connectivity index (χ1v) is 13.5. The van der Waals surface area contributed by atoms with Crippen LogP contribution in [0.2, 0.25) is 5.02 Å². The maximum absolute atomic E-state index is 13.3. The topological polar surface area (TPSA) is 123 Å². The molecule has 0 bridgehead atoms. The Labute approximate surface area is 248 Å². The number of nitrogens with zero attached hydrogens (tertiary/aromatic N) is 1. The molecule has 5 amide bonds. The highest BCUT2D eigenvalue weighted by atomic mass is 35.5. The molecule has 1 aliphatic heterocycles. The molecule has 0 aliphatic carbocycles. The molecule has 0 saturated carbocycles. The highest BCUT2D eigenvalue weighted by Gasteiger charge is 2.37. The number of aryl methyl sites for hydroxylation is 2. The molecule has 0 spiro atoms. The summed E-state index contributed by atoms with van der Waals surface area (Å²) >= 11 is 6.38. The number of rotatable bonds is 10. The fraction of sp³-hybridized carbons (Fsp3) is 0.226. The van der Waals surface area contributed by atoms with Crippen LogP contribution in [-0.4, -0.2) is 44.1 Å². The molecular weight excluding hydrogens is 562 g/mol. The first kappa shape index (κ1) is 30.1. The number of halogens is 1. The molecule has 4 rings (SSSR count). The number of anilines is 2. The van der Waals surface area contributed by atoms with Crippen LogP contribution in [-0.2, 0) is 14.4 Å². The van der Waals surface area contributed by atoms with Crippen LogP contribution in [0.25, 0.3) is 6.08 Å². The molecule has 218 valence electrons. The van der Waals surface area contributed by atoms with Gasteiger partial charge in [0.2, 0.25) is 0 Å². The van der Waals surface area contributed by atoms with Gasteiger partial charge < -0.3 is 19.5 Å². The lowest BCUT2D eigenvalue weighted by atomic mass is 10.1. The fourth-order valence-electron chi connectivity index (χ4n) is 4.19. The van der Waals surface area contributed by atoms with Crippen molar-refractivity contribution in [2.24, 2.45) is 0 Å². The summed E-state index contributed by atoms with van der Waals surface area (Å²) in [6.07, 6.45) is 2.10. The van der Waals surface area contributed by atoms with Gasteiger partial charge in [0, 0.05) is 11.8 Å². The van der Waals surface area contributed by atoms with Crippen LogP contribution in [0, 0.1) is 13.8 Å². The summed E-state index contributed by atoms with van der Waals surface area (Å²) in [5.41, 5.74) is 3.01. The van der Waals surface area contributed by atoms with E-state index in [0.29, 0.717) is 29.4 Å². The van der Waals surface area contributed by atoms with E-state index in [4.69, 9.17) is 25.8 Å². The molecular formula is C31H30ClN3O7. The van der Waals surface area contributed by atoms with Crippen LogP contribution in [0.15, 0.2) is 60.2 Å². The third-order valence-electron chi connectivity index (χ3n) is 6.25. The SMILES string of the molecule is CCCOc1ccc(N2C(=O)NC(=O)/C(=C/c3ccc(OCC(=O)Nc4ccc(C)cc4C)c(Cl)c3)C2=O)cc1OC. The highest BCUT2D eigenvalue weighted by Crippen LogP contribution is 2.34. The second kappa shape index (κ2) is 13.2. The first-order valence-electron chi connectivity index (χ1n) is 13.1. The lowest BCUT2D eigenvalue weighted by Gasteiger charge is -2.27. The van der Waals surface area contributed by atoms with Gasteiger partial charge in [-0.15, -0.1) is 0 Å². The van der Waals surface area contributed by atoms with Crippen molar-refractivity contribution in [3.8, 4) is 17.2 Å². The molecule has 10 nitrogen and oxygen atoms in total. The molecule has 0 atom stereocenters. The van der Waals surface area contributed by atoms with Gasteiger partial charge in [0.25, 0.3) is 17.7 Å². The Kier molecular flexibility index (Phi) is 9.49. The van der Waals surface area contributed by atoms with Gasteiger partial charge in [-0.1, -0.05) is 42.3 Å². The summed E-state index contributed by atoms with van der Waals surface area (Å²) in [5.74, 6) is -1.01. The van der Waals surface area contributed by atoms with E-state index in [-0.39, 0.29) is 34.5 Å². The summed E-state index contributed by atoms with van der Waals surface area (Å²) in [7, 11) is 1.44. The molecule has 42 heavy (non-hydrogen) atoms. The Morgan fingerprint density at radius 3 is 2.43 bits per heavy atom. The van der Waals surface area contributed by atoms with Gasteiger partial charge in [-0.05, 0) is 67.8 Å². The zero-order chi connectivity index (χ0) is 30.4. The summed E-state index contributed by atoms with van der Waals surface area (Å²) in [5, 5.41) is 5.14. The number of imide groups is 2. The van der Waals surface area contributed by atoms with E-state index >= 15 is 0 Å². The van der Waals surface area contributed by atoms with Gasteiger partial charge in [0.15, 0.2) is 18.1 Å². The zero-order valence-electron chi connectivity index (χ0n) is 23.6. The number of benzene rings is 3. The number of amides is 5. The van der Waals surface area contributed by atoms with Crippen molar-refractivity contribution in [2.75, 3.05) is 30.5 Å². The Bertz CT molecular complexity index is 1580. The Morgan fingerprint density at radius 1 is 0.976 bits per heavy atom. The Balaban J connectivity index is 1.49. The lowest BCUT2D eigenvalue weighted by Crippen LogP contribution is -2.54. The van der Waals surface area contributed by atoms with Crippen LogP contribution in [0.3, 0.4) is 0 Å². The van der Waals surface area contributed by atoms with Crippen molar-refractivity contribution in [1.82, 2.24) is 5.32 Å². The van der Waals surface area contributed by atoms with E-state index < -0.39 is 17.8 Å². The van der Waals surface area contributed by atoms with E-state index in [1.54, 1.807) is 12.1 Å². The normalized spacial score (nSPS) is 14.1. The van der Waals surface area contributed by atoms with E-state index in [0.717, 1.165) is 22.4 Å². The molecule has 0 aromatic heterocycles. The van der Waals surface area contributed by atoms with E-state index in [2.05, 4.69) is 10.6 Å². The summed E-state index contributed by atoms with van der Waals surface area (Å²) in [4.78, 5) is 51.8. The van der Waals surface area contributed by atoms with Crippen LogP contribution in [0.1, 0.15) is 30.0 Å². The smallest absolute Gasteiger partial charge is 0.335 e. The van der Waals surface area contributed by atoms with Crippen molar-refractivity contribution >= 4 is 52.8 Å². The molecule has 1 aliphatic rings. The largest absolute Gasteiger partial charge is 0.493 e. The Morgan fingerprint density at radius 2 is 1.74 bits per heavy atom. The third kappa shape index (κ3) is 6.90. The molecule has 11 heteroatoms. The van der Waals surface area contributed by atoms with Gasteiger partial charge in [0.1, 0.15) is 11.3 Å². The van der Waals surface area contributed by atoms with Crippen molar-refractivity contribution in [3.63, 3.8) is 0 Å². The number of barbiturate groups is 1. The van der Waals surface area contributed by atoms with Gasteiger partial charge in [-0.25, -0.2) is 9.69 Å². The number of hydrogen-bond donors (Lipinski definition) is 2. The number of carbonyl (C=O) groups excluding carboxylic acids is 4. The standard InChI is InChI=1S/C31H30ClN3O7/c1-5-12-41-26-11-8-21(16-27(26)40-4)35-30(38)22(29(37)34-31(35)39)14-20-7-10-25(23(32)15-20)42-17-28(36)33-24-9-6-18(2)13-19(24)3/h6-11,13-16H,5,12,17H2,1-4H3,(H,33,36)(H,34,37,39)/b22-14-. The van der Waals surface area contributed by atoms with E-state index in [1.807, 2.05) is 39.0 Å². The maximum Gasteiger partial charge on any atom is 0.335 e. The first-order chi connectivity index (χ1) is 20.1. The molecule has 1 heterocycles. The van der Waals surface area contributed by atoms with Gasteiger partial charge >= 0.3 is 6.03 Å². The van der Waals surface area contributed by atoms with Gasteiger partial charge in [-0.3, -0.25) is 19.7 Å². The second-order valence-corrected chi connectivity index (χ2v) is 9.89. The van der Waals surface area contributed by atoms with Crippen LogP contribution >= 0.6 is 11.6 Å². The number of urea groups is 1. The molecule has 0 radical (unpaired) electrons. The average molecular weight is 592 g/mol. The quantitative estimate of drug-likeness (QED) is 0.238. The number of methoxy groups -OCH3 is 1. The van der Waals surface area contributed by atoms with Crippen molar-refractivity contribution in [2.45, 2.75) is 27.2 Å². The number of nitrogens with one attached hydrogen (secondary N) is 2. The van der Waals surface area contributed by atoms with E-state index in [9.17, 15) is 19.2 Å². The van der Waals surface area contributed by atoms with Crippen LogP contribution in [0.4, 0.5) is 16.2 Å². The minimum absolute atomic E-state index is 0.160. The molecule has 3 aromatic rings. The minimum Gasteiger partial charge on any atom is -0.493 e. The van der Waals surface area contributed by atoms with Gasteiger partial charge in [0.05, 0.1) is 24.4 Å². The molecule has 1 saturated heterocycles. The number of carbonyl (C=O) groups is 4. The monoisotopic (exact) mass is 591 g/mol. The van der Waals surface area contributed by atoms with Crippen molar-refractivity contribution < 1.29 is 33.4 Å². The number of ether oxygens (including phenoxy) is 3. The van der Waals surface area contributed by atoms with Gasteiger partial charge in [-0.2, -0.15) is 0 Å². The van der Waals surface area contributed by atoms with Crippen LogP contribution < -0.4 is 29.7 Å². The predicted octanol–water partition coefficient (Wildman–Crippen LogP) is 5.44. The number of hydrogen-bond acceptors (Lipinski definition) is 7. The fourth-order valence-corrected chi connectivity index (χ4v) is 4.44. The van der Waals surface area contributed by atoms with Crippen LogP contribution in [0.5, 0.6) is 17.2 Å². The third-order valence-corrected chi connectivity index (χ3v) is 6.55. The Hall–Kier alpha value is -4.83. The molecule has 0 unspecified atom stereocenters. The average Bonchev–Trinajstić information content (AvgIpc) is 2.95. The summed E-state index contributed by atoms with van der Waals surface area (Å²) < 4.78 is 16.6. The summed E-state index contributed by atoms with van der Waals surface area (Å²) in [6, 6.07) is 14.0. The predicted molar refractivity (Wildman–Crippen MR) is 159 cm³/mol. The van der Waals surface area contributed by atoms with Crippen molar-refractivity contribution in [3.05, 3.63) is 81.9 Å². The van der Waals surface area contributed by atoms with Crippen molar-refractivity contribution in [1.29, 1.82) is 0 Å². The maximum atomic E-state index is 13.3. The second-order valence-electron chi connectivity index (χ2n) is 9.49.